The number of hydrogen-bond acceptors (Lipinski definition) is 2. The molecule has 3 saturated carbocycles. The molecule has 2 heteroatoms. The van der Waals surface area contributed by atoms with Gasteiger partial charge in [0.25, 0.3) is 0 Å². The van der Waals surface area contributed by atoms with Crippen LogP contribution in [0.5, 0.6) is 0 Å². The first-order chi connectivity index (χ1) is 8.66. The average molecular weight is 248 g/mol. The zero-order chi connectivity index (χ0) is 12.6. The van der Waals surface area contributed by atoms with Crippen molar-refractivity contribution in [2.24, 2.45) is 10.8 Å². The molecule has 0 unspecified atom stereocenters. The molecular weight excluding hydrogens is 224 g/mol. The minimum absolute atomic E-state index is 0.0144. The van der Waals surface area contributed by atoms with E-state index in [-0.39, 0.29) is 17.0 Å². The van der Waals surface area contributed by atoms with Gasteiger partial charge in [0.15, 0.2) is 5.78 Å². The second-order valence-corrected chi connectivity index (χ2v) is 6.95. The van der Waals surface area contributed by atoms with Crippen molar-refractivity contribution in [2.75, 3.05) is 0 Å². The van der Waals surface area contributed by atoms with Gasteiger partial charge in [0.05, 0.1) is 0 Å². The van der Waals surface area contributed by atoms with Crippen LogP contribution >= 0.6 is 0 Å². The first-order valence-corrected chi connectivity index (χ1v) is 7.74. The van der Waals surface area contributed by atoms with E-state index in [1.54, 1.807) is 0 Å². The van der Waals surface area contributed by atoms with Gasteiger partial charge in [-0.3, -0.25) is 9.59 Å². The Labute approximate surface area is 110 Å². The van der Waals surface area contributed by atoms with Crippen molar-refractivity contribution < 1.29 is 9.59 Å². The lowest BCUT2D eigenvalue weighted by Gasteiger charge is -2.48. The Hall–Kier alpha value is -0.660. The van der Waals surface area contributed by atoms with Crippen LogP contribution < -0.4 is 0 Å². The van der Waals surface area contributed by atoms with Crippen molar-refractivity contribution in [3.63, 3.8) is 0 Å². The van der Waals surface area contributed by atoms with Gasteiger partial charge in [-0.25, -0.2) is 0 Å². The molecule has 3 fully saturated rings. The quantitative estimate of drug-likeness (QED) is 0.611. The van der Waals surface area contributed by atoms with Crippen LogP contribution in [0, 0.1) is 10.8 Å². The molecule has 0 saturated heterocycles. The molecule has 0 atom stereocenters. The highest BCUT2D eigenvalue weighted by molar-refractivity contribution is 6.39. The lowest BCUT2D eigenvalue weighted by molar-refractivity contribution is -0.148. The van der Waals surface area contributed by atoms with E-state index in [2.05, 4.69) is 0 Å². The number of hydrogen-bond donors (Lipinski definition) is 0. The van der Waals surface area contributed by atoms with Gasteiger partial charge in [-0.2, -0.15) is 0 Å². The van der Waals surface area contributed by atoms with Gasteiger partial charge in [-0.15, -0.1) is 0 Å². The lowest BCUT2D eigenvalue weighted by Crippen LogP contribution is -2.45. The maximum absolute atomic E-state index is 12.2. The van der Waals surface area contributed by atoms with E-state index in [0.29, 0.717) is 11.8 Å². The van der Waals surface area contributed by atoms with Crippen LogP contribution in [-0.2, 0) is 9.59 Å². The summed E-state index contributed by atoms with van der Waals surface area (Å²) in [4.78, 5) is 23.9. The normalized spacial score (nSPS) is 30.9. The molecule has 3 aliphatic rings. The molecule has 3 rings (SSSR count). The van der Waals surface area contributed by atoms with Gasteiger partial charge in [-0.1, -0.05) is 19.3 Å². The van der Waals surface area contributed by atoms with Gasteiger partial charge < -0.3 is 0 Å². The van der Waals surface area contributed by atoms with E-state index < -0.39 is 0 Å². The minimum Gasteiger partial charge on any atom is -0.291 e. The Morgan fingerprint density at radius 1 is 0.667 bits per heavy atom. The van der Waals surface area contributed by atoms with E-state index in [0.717, 1.165) is 25.7 Å². The number of ketones is 2. The molecule has 3 aliphatic carbocycles. The summed E-state index contributed by atoms with van der Waals surface area (Å²) in [6.45, 7) is 0. The molecule has 0 aliphatic heterocycles. The van der Waals surface area contributed by atoms with Crippen molar-refractivity contribution in [3.05, 3.63) is 0 Å². The molecule has 0 heterocycles. The van der Waals surface area contributed by atoms with Crippen molar-refractivity contribution in [3.8, 4) is 0 Å². The molecule has 0 aromatic carbocycles. The Morgan fingerprint density at radius 3 is 2.00 bits per heavy atom. The molecule has 0 bridgehead atoms. The summed E-state index contributed by atoms with van der Waals surface area (Å²) >= 11 is 0. The average Bonchev–Trinajstić information content (AvgIpc) is 2.41. The first kappa shape index (κ1) is 12.4. The highest BCUT2D eigenvalue weighted by Gasteiger charge is 2.49. The summed E-state index contributed by atoms with van der Waals surface area (Å²) in [6, 6.07) is 0. The van der Waals surface area contributed by atoms with Gasteiger partial charge >= 0.3 is 0 Å². The monoisotopic (exact) mass is 248 g/mol. The van der Waals surface area contributed by atoms with E-state index in [1.165, 1.54) is 44.9 Å². The summed E-state index contributed by atoms with van der Waals surface area (Å²) in [5, 5.41) is 0. The standard InChI is InChI=1S/C16H24O2/c17-13-5-4-8-16(14(13)18)11-9-15(10-12-16)6-2-1-3-7-15/h1-12H2. The Morgan fingerprint density at radius 2 is 1.33 bits per heavy atom. The Bertz CT molecular complexity index is 353. The molecule has 0 amide bonds. The largest absolute Gasteiger partial charge is 0.291 e. The lowest BCUT2D eigenvalue weighted by atomic mass is 9.55. The van der Waals surface area contributed by atoms with Crippen LogP contribution in [-0.4, -0.2) is 11.6 Å². The summed E-state index contributed by atoms with van der Waals surface area (Å²) in [5.41, 5.74) is 0.322. The van der Waals surface area contributed by atoms with E-state index in [4.69, 9.17) is 0 Å². The summed E-state index contributed by atoms with van der Waals surface area (Å²) in [7, 11) is 0. The molecule has 2 spiro atoms. The van der Waals surface area contributed by atoms with E-state index in [1.807, 2.05) is 0 Å². The fraction of sp³-hybridized carbons (Fsp3) is 0.875. The number of Topliss-reactive ketones (excluding diaryl/α,β-unsaturated/α-hetero) is 2. The van der Waals surface area contributed by atoms with Crippen LogP contribution in [0.2, 0.25) is 0 Å². The van der Waals surface area contributed by atoms with Gasteiger partial charge in [0.2, 0.25) is 5.78 Å². The zero-order valence-corrected chi connectivity index (χ0v) is 11.3. The maximum atomic E-state index is 12.2. The van der Waals surface area contributed by atoms with Gasteiger partial charge in [0.1, 0.15) is 0 Å². The molecule has 100 valence electrons. The smallest absolute Gasteiger partial charge is 0.204 e. The highest BCUT2D eigenvalue weighted by atomic mass is 16.2. The van der Waals surface area contributed by atoms with E-state index >= 15 is 0 Å². The molecule has 0 aromatic rings. The predicted molar refractivity (Wildman–Crippen MR) is 70.3 cm³/mol. The molecule has 0 radical (unpaired) electrons. The molecular formula is C16H24O2. The number of carbonyl (C=O) groups is 2. The molecule has 18 heavy (non-hydrogen) atoms. The van der Waals surface area contributed by atoms with E-state index in [9.17, 15) is 9.59 Å². The van der Waals surface area contributed by atoms with Crippen molar-refractivity contribution >= 4 is 11.6 Å². The number of rotatable bonds is 0. The summed E-state index contributed by atoms with van der Waals surface area (Å²) in [6.07, 6.45) is 13.7. The van der Waals surface area contributed by atoms with Crippen LogP contribution in [0.1, 0.15) is 77.0 Å². The molecule has 0 N–H and O–H groups in total. The highest BCUT2D eigenvalue weighted by Crippen LogP contribution is 2.55. The fourth-order valence-electron chi connectivity index (χ4n) is 4.65. The first-order valence-electron chi connectivity index (χ1n) is 7.74. The third kappa shape index (κ3) is 1.94. The van der Waals surface area contributed by atoms with Gasteiger partial charge in [0, 0.05) is 11.8 Å². The van der Waals surface area contributed by atoms with Crippen molar-refractivity contribution in [2.45, 2.75) is 77.0 Å². The zero-order valence-electron chi connectivity index (χ0n) is 11.3. The maximum Gasteiger partial charge on any atom is 0.204 e. The van der Waals surface area contributed by atoms with Crippen LogP contribution in [0.4, 0.5) is 0 Å². The molecule has 0 aromatic heterocycles. The minimum atomic E-state index is -0.224. The van der Waals surface area contributed by atoms with Crippen LogP contribution in [0.3, 0.4) is 0 Å². The second kappa shape index (κ2) is 4.47. The predicted octanol–water partition coefficient (Wildman–Crippen LogP) is 3.82. The van der Waals surface area contributed by atoms with Crippen LogP contribution in [0.15, 0.2) is 0 Å². The summed E-state index contributed by atoms with van der Waals surface area (Å²) in [5.74, 6) is -0.0970. The van der Waals surface area contributed by atoms with Crippen molar-refractivity contribution in [1.29, 1.82) is 0 Å². The third-order valence-electron chi connectivity index (χ3n) is 5.98. The molecule has 2 nitrogen and oxygen atoms in total. The Balaban J connectivity index is 1.72. The van der Waals surface area contributed by atoms with Crippen molar-refractivity contribution in [1.82, 2.24) is 0 Å². The topological polar surface area (TPSA) is 34.1 Å². The van der Waals surface area contributed by atoms with Crippen LogP contribution in [0.25, 0.3) is 0 Å². The SMILES string of the molecule is O=C1CCCC2(CCC3(CCCCC3)CC2)C1=O. The fourth-order valence-corrected chi connectivity index (χ4v) is 4.65. The number of carbonyl (C=O) groups excluding carboxylic acids is 2. The third-order valence-corrected chi connectivity index (χ3v) is 5.98. The summed E-state index contributed by atoms with van der Waals surface area (Å²) < 4.78 is 0. The second-order valence-electron chi connectivity index (χ2n) is 6.95. The van der Waals surface area contributed by atoms with Gasteiger partial charge in [-0.05, 0) is 56.8 Å². The Kier molecular flexibility index (Phi) is 3.07.